The van der Waals surface area contributed by atoms with Crippen LogP contribution in [0.5, 0.6) is 0 Å². The molecule has 0 spiro atoms. The summed E-state index contributed by atoms with van der Waals surface area (Å²) in [4.78, 5) is 12.8. The van der Waals surface area contributed by atoms with Crippen LogP contribution in [0.1, 0.15) is 25.8 Å². The van der Waals surface area contributed by atoms with Gasteiger partial charge >= 0.3 is 5.97 Å². The maximum absolute atomic E-state index is 13.5. The summed E-state index contributed by atoms with van der Waals surface area (Å²) in [5.41, 5.74) is 0.418. The van der Waals surface area contributed by atoms with Gasteiger partial charge in [0, 0.05) is 13.1 Å². The van der Waals surface area contributed by atoms with Crippen molar-refractivity contribution in [2.24, 2.45) is 5.41 Å². The fraction of sp³-hybridized carbons (Fsp3) is 0.533. The molecule has 106 valence electrons. The Hall–Kier alpha value is -1.42. The van der Waals surface area contributed by atoms with Gasteiger partial charge in [-0.15, -0.1) is 0 Å². The van der Waals surface area contributed by atoms with E-state index >= 15 is 0 Å². The molecule has 0 aliphatic rings. The van der Waals surface area contributed by atoms with Gasteiger partial charge in [-0.25, -0.2) is 4.39 Å². The van der Waals surface area contributed by atoms with Crippen LogP contribution < -0.4 is 0 Å². The molecule has 1 aromatic rings. The number of carboxylic acids is 1. The first-order chi connectivity index (χ1) is 8.80. The number of hydrogen-bond acceptors (Lipinski definition) is 2. The minimum Gasteiger partial charge on any atom is -0.481 e. The van der Waals surface area contributed by atoms with Crippen LogP contribution >= 0.6 is 0 Å². The van der Waals surface area contributed by atoms with Gasteiger partial charge in [0.05, 0.1) is 6.42 Å². The van der Waals surface area contributed by atoms with Crippen molar-refractivity contribution in [3.63, 3.8) is 0 Å². The molecule has 1 aromatic carbocycles. The molecule has 4 heteroatoms. The molecule has 0 aliphatic heterocycles. The maximum atomic E-state index is 13.5. The van der Waals surface area contributed by atoms with Gasteiger partial charge < -0.3 is 10.0 Å². The van der Waals surface area contributed by atoms with E-state index < -0.39 is 5.97 Å². The molecule has 0 unspecified atom stereocenters. The normalized spacial score (nSPS) is 11.8. The number of rotatable bonds is 7. The van der Waals surface area contributed by atoms with E-state index in [1.807, 2.05) is 27.0 Å². The van der Waals surface area contributed by atoms with Crippen molar-refractivity contribution in [3.8, 4) is 0 Å². The van der Waals surface area contributed by atoms with E-state index in [4.69, 9.17) is 5.11 Å². The number of carboxylic acid groups (broad SMARTS) is 1. The monoisotopic (exact) mass is 267 g/mol. The van der Waals surface area contributed by atoms with Gasteiger partial charge in [-0.1, -0.05) is 32.0 Å². The molecule has 3 nitrogen and oxygen atoms in total. The number of halogens is 1. The lowest BCUT2D eigenvalue weighted by Gasteiger charge is -2.29. The van der Waals surface area contributed by atoms with Gasteiger partial charge in [-0.05, 0) is 30.5 Å². The van der Waals surface area contributed by atoms with Crippen molar-refractivity contribution in [2.75, 3.05) is 20.1 Å². The largest absolute Gasteiger partial charge is 0.481 e. The van der Waals surface area contributed by atoms with Crippen molar-refractivity contribution < 1.29 is 14.3 Å². The van der Waals surface area contributed by atoms with Gasteiger partial charge in [0.15, 0.2) is 0 Å². The topological polar surface area (TPSA) is 40.5 Å². The second kappa shape index (κ2) is 6.66. The van der Waals surface area contributed by atoms with Gasteiger partial charge in [0.2, 0.25) is 0 Å². The van der Waals surface area contributed by atoms with Crippen LogP contribution in [0.4, 0.5) is 4.39 Å². The molecular formula is C15H22FNO2. The number of nitrogens with zero attached hydrogens (tertiary/aromatic N) is 1. The number of hydrogen-bond donors (Lipinski definition) is 1. The fourth-order valence-corrected chi connectivity index (χ4v) is 2.29. The minimum absolute atomic E-state index is 0.136. The second-order valence-corrected chi connectivity index (χ2v) is 5.81. The number of benzene rings is 1. The molecule has 0 aromatic heterocycles. The summed E-state index contributed by atoms with van der Waals surface area (Å²) >= 11 is 0. The Kier molecular flexibility index (Phi) is 5.48. The lowest BCUT2D eigenvalue weighted by atomic mass is 9.89. The first kappa shape index (κ1) is 15.6. The van der Waals surface area contributed by atoms with Crippen molar-refractivity contribution in [1.29, 1.82) is 0 Å². The van der Waals surface area contributed by atoms with Crippen LogP contribution in [0.2, 0.25) is 0 Å². The SMILES string of the molecule is CN(CCc1ccccc1F)CC(C)(C)CC(=O)O. The van der Waals surface area contributed by atoms with E-state index in [9.17, 15) is 9.18 Å². The summed E-state index contributed by atoms with van der Waals surface area (Å²) in [6.07, 6.45) is 0.767. The Morgan fingerprint density at radius 2 is 2.00 bits per heavy atom. The highest BCUT2D eigenvalue weighted by Gasteiger charge is 2.23. The highest BCUT2D eigenvalue weighted by atomic mass is 19.1. The lowest BCUT2D eigenvalue weighted by Crippen LogP contribution is -2.34. The molecule has 1 N–H and O–H groups in total. The predicted molar refractivity (Wildman–Crippen MR) is 73.6 cm³/mol. The predicted octanol–water partition coefficient (Wildman–Crippen LogP) is 2.80. The molecule has 1 rings (SSSR count). The van der Waals surface area contributed by atoms with Crippen molar-refractivity contribution in [1.82, 2.24) is 4.90 Å². The zero-order valence-electron chi connectivity index (χ0n) is 11.8. The third-order valence-corrected chi connectivity index (χ3v) is 3.05. The standard InChI is InChI=1S/C15H22FNO2/c1-15(2,10-14(18)19)11-17(3)9-8-12-6-4-5-7-13(12)16/h4-7H,8-11H2,1-3H3,(H,18,19). The highest BCUT2D eigenvalue weighted by Crippen LogP contribution is 2.21. The van der Waals surface area contributed by atoms with Crippen LogP contribution in [0.25, 0.3) is 0 Å². The molecule has 0 radical (unpaired) electrons. The molecule has 0 saturated heterocycles. The summed E-state index contributed by atoms with van der Waals surface area (Å²) in [6, 6.07) is 6.75. The van der Waals surface area contributed by atoms with E-state index in [1.165, 1.54) is 6.07 Å². The van der Waals surface area contributed by atoms with E-state index in [2.05, 4.69) is 4.90 Å². The van der Waals surface area contributed by atoms with Crippen LogP contribution in [-0.2, 0) is 11.2 Å². The maximum Gasteiger partial charge on any atom is 0.303 e. The molecule has 19 heavy (non-hydrogen) atoms. The van der Waals surface area contributed by atoms with Crippen LogP contribution in [-0.4, -0.2) is 36.1 Å². The molecular weight excluding hydrogens is 245 g/mol. The first-order valence-corrected chi connectivity index (χ1v) is 6.44. The Bertz CT molecular complexity index is 432. The van der Waals surface area contributed by atoms with Crippen LogP contribution in [0, 0.1) is 11.2 Å². The van der Waals surface area contributed by atoms with Gasteiger partial charge in [0.25, 0.3) is 0 Å². The lowest BCUT2D eigenvalue weighted by molar-refractivity contribution is -0.139. The Morgan fingerprint density at radius 3 is 2.58 bits per heavy atom. The van der Waals surface area contributed by atoms with E-state index in [0.29, 0.717) is 25.1 Å². The summed E-state index contributed by atoms with van der Waals surface area (Å²) in [7, 11) is 1.93. The van der Waals surface area contributed by atoms with E-state index in [-0.39, 0.29) is 17.7 Å². The smallest absolute Gasteiger partial charge is 0.303 e. The summed E-state index contributed by atoms with van der Waals surface area (Å²) in [6.45, 7) is 5.25. The Labute approximate surface area is 114 Å². The third-order valence-electron chi connectivity index (χ3n) is 3.05. The number of likely N-dealkylation sites (N-methyl/N-ethyl adjacent to an activating group) is 1. The first-order valence-electron chi connectivity index (χ1n) is 6.44. The van der Waals surface area contributed by atoms with Crippen molar-refractivity contribution in [3.05, 3.63) is 35.6 Å². The Morgan fingerprint density at radius 1 is 1.37 bits per heavy atom. The highest BCUT2D eigenvalue weighted by molar-refractivity contribution is 5.67. The number of aliphatic carboxylic acids is 1. The summed E-state index contributed by atoms with van der Waals surface area (Å²) in [5, 5.41) is 8.84. The van der Waals surface area contributed by atoms with Crippen molar-refractivity contribution in [2.45, 2.75) is 26.7 Å². The minimum atomic E-state index is -0.785. The molecule has 0 amide bonds. The van der Waals surface area contributed by atoms with E-state index in [1.54, 1.807) is 12.1 Å². The average molecular weight is 267 g/mol. The summed E-state index contributed by atoms with van der Waals surface area (Å²) in [5.74, 6) is -0.965. The Balaban J connectivity index is 2.46. The van der Waals surface area contributed by atoms with Crippen LogP contribution in [0.15, 0.2) is 24.3 Å². The second-order valence-electron chi connectivity index (χ2n) is 5.81. The van der Waals surface area contributed by atoms with Crippen LogP contribution in [0.3, 0.4) is 0 Å². The molecule has 0 heterocycles. The molecule has 0 fully saturated rings. The zero-order valence-corrected chi connectivity index (χ0v) is 11.8. The van der Waals surface area contributed by atoms with Gasteiger partial charge in [-0.3, -0.25) is 4.79 Å². The molecule has 0 atom stereocenters. The van der Waals surface area contributed by atoms with Gasteiger partial charge in [-0.2, -0.15) is 0 Å². The van der Waals surface area contributed by atoms with E-state index in [0.717, 1.165) is 0 Å². The summed E-state index contributed by atoms with van der Waals surface area (Å²) < 4.78 is 13.5. The molecule has 0 aliphatic carbocycles. The fourth-order valence-electron chi connectivity index (χ4n) is 2.29. The quantitative estimate of drug-likeness (QED) is 0.826. The number of carbonyl (C=O) groups is 1. The third kappa shape index (κ3) is 5.83. The van der Waals surface area contributed by atoms with Crippen molar-refractivity contribution >= 4 is 5.97 Å². The molecule has 0 saturated carbocycles. The molecule has 0 bridgehead atoms. The average Bonchev–Trinajstić information content (AvgIpc) is 2.25. The zero-order chi connectivity index (χ0) is 14.5. The van der Waals surface area contributed by atoms with Gasteiger partial charge in [0.1, 0.15) is 5.82 Å².